The number of anilines is 2. The standard InChI is InChI=1S/C25H22F6N2O5S/c1-3-37-20-6-4-18(5-7-20)33-39(35,36)21-8-9-22(15(2)10-21)38-14-23(34)32-19-12-16(24(26,27)28)11-17(13-19)25(29,30)31/h4-13,33H,3,14H2,1-2H3,(H,32,34). The second kappa shape index (κ2) is 11.4. The zero-order valence-electron chi connectivity index (χ0n) is 20.4. The molecule has 0 spiro atoms. The highest BCUT2D eigenvalue weighted by atomic mass is 32.2. The molecule has 0 bridgehead atoms. The summed E-state index contributed by atoms with van der Waals surface area (Å²) in [4.78, 5) is 12.1. The van der Waals surface area contributed by atoms with Gasteiger partial charge in [-0.15, -0.1) is 0 Å². The Morgan fingerprint density at radius 3 is 1.92 bits per heavy atom. The van der Waals surface area contributed by atoms with Crippen molar-refractivity contribution >= 4 is 27.3 Å². The third-order valence-corrected chi connectivity index (χ3v) is 6.48. The van der Waals surface area contributed by atoms with Gasteiger partial charge >= 0.3 is 12.4 Å². The number of benzene rings is 3. The van der Waals surface area contributed by atoms with Crippen LogP contribution in [0.25, 0.3) is 0 Å². The molecule has 1 amide bonds. The smallest absolute Gasteiger partial charge is 0.416 e. The molecule has 0 unspecified atom stereocenters. The summed E-state index contributed by atoms with van der Waals surface area (Å²) >= 11 is 0. The molecule has 0 saturated heterocycles. The van der Waals surface area contributed by atoms with Crippen molar-refractivity contribution in [3.8, 4) is 11.5 Å². The lowest BCUT2D eigenvalue weighted by atomic mass is 10.1. The predicted molar refractivity (Wildman–Crippen MR) is 130 cm³/mol. The maximum absolute atomic E-state index is 13.0. The number of ether oxygens (including phenoxy) is 2. The molecule has 0 atom stereocenters. The molecule has 7 nitrogen and oxygen atoms in total. The maximum Gasteiger partial charge on any atom is 0.416 e. The minimum atomic E-state index is -5.07. The summed E-state index contributed by atoms with van der Waals surface area (Å²) in [5.41, 5.74) is -3.29. The van der Waals surface area contributed by atoms with Gasteiger partial charge in [0.1, 0.15) is 11.5 Å². The number of sulfonamides is 1. The van der Waals surface area contributed by atoms with Gasteiger partial charge in [0.15, 0.2) is 6.61 Å². The minimum Gasteiger partial charge on any atom is -0.494 e. The van der Waals surface area contributed by atoms with E-state index < -0.39 is 51.7 Å². The molecule has 0 aliphatic rings. The van der Waals surface area contributed by atoms with Crippen LogP contribution in [0, 0.1) is 6.92 Å². The molecule has 0 radical (unpaired) electrons. The summed E-state index contributed by atoms with van der Waals surface area (Å²) < 4.78 is 117. The molecule has 0 fully saturated rings. The number of carbonyl (C=O) groups is 1. The topological polar surface area (TPSA) is 93.7 Å². The van der Waals surface area contributed by atoms with Crippen LogP contribution in [0.1, 0.15) is 23.6 Å². The number of hydrogen-bond donors (Lipinski definition) is 2. The third-order valence-electron chi connectivity index (χ3n) is 5.10. The van der Waals surface area contributed by atoms with Gasteiger partial charge in [-0.2, -0.15) is 26.3 Å². The number of aryl methyl sites for hydroxylation is 1. The Bertz CT molecular complexity index is 1410. The fourth-order valence-electron chi connectivity index (χ4n) is 3.32. The molecular formula is C25H22F6N2O5S. The van der Waals surface area contributed by atoms with Crippen molar-refractivity contribution in [3.05, 3.63) is 77.4 Å². The van der Waals surface area contributed by atoms with Crippen molar-refractivity contribution in [1.82, 2.24) is 0 Å². The van der Waals surface area contributed by atoms with Gasteiger partial charge in [-0.3, -0.25) is 9.52 Å². The predicted octanol–water partition coefficient (Wildman–Crippen LogP) is 6.25. The van der Waals surface area contributed by atoms with Gasteiger partial charge < -0.3 is 14.8 Å². The lowest BCUT2D eigenvalue weighted by molar-refractivity contribution is -0.143. The van der Waals surface area contributed by atoms with Gasteiger partial charge in [0.05, 0.1) is 22.6 Å². The lowest BCUT2D eigenvalue weighted by Crippen LogP contribution is -2.21. The summed E-state index contributed by atoms with van der Waals surface area (Å²) in [6, 6.07) is 10.7. The van der Waals surface area contributed by atoms with Gasteiger partial charge in [-0.1, -0.05) is 0 Å². The van der Waals surface area contributed by atoms with E-state index >= 15 is 0 Å². The van der Waals surface area contributed by atoms with Crippen LogP contribution >= 0.6 is 0 Å². The Hall–Kier alpha value is -3.94. The minimum absolute atomic E-state index is 0.0596. The van der Waals surface area contributed by atoms with Gasteiger partial charge in [0, 0.05) is 11.4 Å². The van der Waals surface area contributed by atoms with Crippen LogP contribution in [0.4, 0.5) is 37.7 Å². The summed E-state index contributed by atoms with van der Waals surface area (Å²) in [6.45, 7) is 2.98. The highest BCUT2D eigenvalue weighted by molar-refractivity contribution is 7.92. The summed E-state index contributed by atoms with van der Waals surface area (Å²) in [5.74, 6) is -0.392. The largest absolute Gasteiger partial charge is 0.494 e. The number of amides is 1. The van der Waals surface area contributed by atoms with Crippen molar-refractivity contribution in [2.45, 2.75) is 31.1 Å². The fraction of sp³-hybridized carbons (Fsp3) is 0.240. The molecule has 3 rings (SSSR count). The van der Waals surface area contributed by atoms with E-state index in [9.17, 15) is 39.6 Å². The van der Waals surface area contributed by atoms with Crippen molar-refractivity contribution in [2.24, 2.45) is 0 Å². The van der Waals surface area contributed by atoms with Crippen LogP contribution in [0.15, 0.2) is 65.6 Å². The molecule has 0 aliphatic carbocycles. The molecule has 0 aliphatic heterocycles. The van der Waals surface area contributed by atoms with Gasteiger partial charge in [0.2, 0.25) is 0 Å². The number of nitrogens with one attached hydrogen (secondary N) is 2. The van der Waals surface area contributed by atoms with Crippen LogP contribution in [-0.2, 0) is 27.2 Å². The van der Waals surface area contributed by atoms with Crippen LogP contribution in [0.2, 0.25) is 0 Å². The van der Waals surface area contributed by atoms with Crippen molar-refractivity contribution < 1.29 is 49.0 Å². The zero-order valence-corrected chi connectivity index (χ0v) is 21.2. The number of carbonyl (C=O) groups excluding carboxylic acids is 1. The Morgan fingerprint density at radius 2 is 1.41 bits per heavy atom. The van der Waals surface area contributed by atoms with E-state index in [-0.39, 0.29) is 22.4 Å². The first-order valence-corrected chi connectivity index (χ1v) is 12.7. The first-order valence-electron chi connectivity index (χ1n) is 11.2. The zero-order chi connectivity index (χ0) is 29.0. The fourth-order valence-corrected chi connectivity index (χ4v) is 4.46. The third kappa shape index (κ3) is 8.02. The Kier molecular flexibility index (Phi) is 8.68. The first kappa shape index (κ1) is 29.6. The van der Waals surface area contributed by atoms with E-state index in [1.165, 1.54) is 37.3 Å². The molecule has 0 heterocycles. The molecule has 3 aromatic carbocycles. The van der Waals surface area contributed by atoms with E-state index in [0.717, 1.165) is 0 Å². The van der Waals surface area contributed by atoms with E-state index in [2.05, 4.69) is 4.72 Å². The normalized spacial score (nSPS) is 12.1. The molecular weight excluding hydrogens is 554 g/mol. The molecule has 210 valence electrons. The summed E-state index contributed by atoms with van der Waals surface area (Å²) in [6.07, 6.45) is -10.1. The monoisotopic (exact) mass is 576 g/mol. The SMILES string of the molecule is CCOc1ccc(NS(=O)(=O)c2ccc(OCC(=O)Nc3cc(C(F)(F)F)cc(C(F)(F)F)c3)c(C)c2)cc1. The van der Waals surface area contributed by atoms with Crippen LogP contribution < -0.4 is 19.5 Å². The molecule has 2 N–H and O–H groups in total. The summed E-state index contributed by atoms with van der Waals surface area (Å²) in [7, 11) is -3.99. The Labute approximate surface area is 219 Å². The average Bonchev–Trinajstić information content (AvgIpc) is 2.83. The molecule has 3 aromatic rings. The van der Waals surface area contributed by atoms with E-state index in [1.54, 1.807) is 12.1 Å². The van der Waals surface area contributed by atoms with Crippen LogP contribution in [-0.4, -0.2) is 27.5 Å². The van der Waals surface area contributed by atoms with E-state index in [1.807, 2.05) is 12.2 Å². The highest BCUT2D eigenvalue weighted by Crippen LogP contribution is 2.37. The highest BCUT2D eigenvalue weighted by Gasteiger charge is 2.37. The van der Waals surface area contributed by atoms with Gasteiger partial charge in [-0.25, -0.2) is 8.42 Å². The average molecular weight is 577 g/mol. The molecule has 14 heteroatoms. The maximum atomic E-state index is 13.0. The van der Waals surface area contributed by atoms with E-state index in [0.29, 0.717) is 30.1 Å². The number of halogens is 6. The molecule has 0 saturated carbocycles. The number of alkyl halides is 6. The van der Waals surface area contributed by atoms with Gasteiger partial charge in [-0.05, 0) is 80.1 Å². The van der Waals surface area contributed by atoms with E-state index in [4.69, 9.17) is 9.47 Å². The second-order valence-electron chi connectivity index (χ2n) is 8.12. The van der Waals surface area contributed by atoms with Gasteiger partial charge in [0.25, 0.3) is 15.9 Å². The number of rotatable bonds is 9. The summed E-state index contributed by atoms with van der Waals surface area (Å²) in [5, 5.41) is 1.95. The molecule has 39 heavy (non-hydrogen) atoms. The molecule has 0 aromatic heterocycles. The number of hydrogen-bond acceptors (Lipinski definition) is 5. The van der Waals surface area contributed by atoms with Crippen LogP contribution in [0.5, 0.6) is 11.5 Å². The second-order valence-corrected chi connectivity index (χ2v) is 9.80. The lowest BCUT2D eigenvalue weighted by Gasteiger charge is -2.15. The Morgan fingerprint density at radius 1 is 0.821 bits per heavy atom. The van der Waals surface area contributed by atoms with Crippen LogP contribution in [0.3, 0.4) is 0 Å². The van der Waals surface area contributed by atoms with Crippen molar-refractivity contribution in [3.63, 3.8) is 0 Å². The quantitative estimate of drug-likeness (QED) is 0.294. The van der Waals surface area contributed by atoms with Crippen molar-refractivity contribution in [1.29, 1.82) is 0 Å². The van der Waals surface area contributed by atoms with Crippen molar-refractivity contribution in [2.75, 3.05) is 23.3 Å². The first-order chi connectivity index (χ1) is 18.1. The Balaban J connectivity index is 1.68.